The van der Waals surface area contributed by atoms with Gasteiger partial charge < -0.3 is 5.11 Å². The molecule has 2 aromatic rings. The Morgan fingerprint density at radius 3 is 2.71 bits per heavy atom. The molecule has 1 aromatic heterocycles. The first kappa shape index (κ1) is 11.5. The van der Waals surface area contributed by atoms with Gasteiger partial charge in [0.05, 0.1) is 18.0 Å². The number of rotatable bonds is 3. The van der Waals surface area contributed by atoms with Crippen molar-refractivity contribution in [3.8, 4) is 5.69 Å². The van der Waals surface area contributed by atoms with E-state index in [1.165, 1.54) is 0 Å². The van der Waals surface area contributed by atoms with Crippen LogP contribution in [0.2, 0.25) is 0 Å². The predicted octanol–water partition coefficient (Wildman–Crippen LogP) is 2.05. The molecule has 0 amide bonds. The Hall–Kier alpha value is -1.94. The first-order chi connectivity index (χ1) is 8.16. The maximum absolute atomic E-state index is 9.38. The number of hydrogen-bond donors (Lipinski definition) is 1. The van der Waals surface area contributed by atoms with Gasteiger partial charge in [-0.25, -0.2) is 0 Å². The highest BCUT2D eigenvalue weighted by atomic mass is 16.3. The van der Waals surface area contributed by atoms with Gasteiger partial charge >= 0.3 is 0 Å². The molecule has 0 saturated carbocycles. The van der Waals surface area contributed by atoms with Gasteiger partial charge in [0.15, 0.2) is 0 Å². The molecule has 0 aliphatic carbocycles. The van der Waals surface area contributed by atoms with Crippen LogP contribution in [0.1, 0.15) is 19.5 Å². The van der Waals surface area contributed by atoms with Gasteiger partial charge in [0.2, 0.25) is 0 Å². The SMILES string of the molecule is C/C(=C\c1cnn(-c2ccccc2)n1)C(C)O. The van der Waals surface area contributed by atoms with Crippen molar-refractivity contribution in [1.29, 1.82) is 0 Å². The van der Waals surface area contributed by atoms with Crippen LogP contribution in [-0.2, 0) is 0 Å². The molecule has 0 aliphatic heterocycles. The van der Waals surface area contributed by atoms with Gasteiger partial charge in [-0.15, -0.1) is 5.10 Å². The van der Waals surface area contributed by atoms with Crippen molar-refractivity contribution >= 4 is 6.08 Å². The van der Waals surface area contributed by atoms with Crippen LogP contribution in [0, 0.1) is 0 Å². The Kier molecular flexibility index (Phi) is 3.35. The molecule has 1 unspecified atom stereocenters. The van der Waals surface area contributed by atoms with E-state index in [1.54, 1.807) is 17.9 Å². The highest BCUT2D eigenvalue weighted by Crippen LogP contribution is 2.09. The molecule has 1 heterocycles. The summed E-state index contributed by atoms with van der Waals surface area (Å²) in [6.07, 6.45) is 3.05. The third-order valence-electron chi connectivity index (χ3n) is 2.53. The van der Waals surface area contributed by atoms with E-state index in [0.29, 0.717) is 0 Å². The zero-order chi connectivity index (χ0) is 12.3. The van der Waals surface area contributed by atoms with Crippen LogP contribution in [0.15, 0.2) is 42.1 Å². The van der Waals surface area contributed by atoms with Gasteiger partial charge in [-0.1, -0.05) is 18.2 Å². The number of aromatic nitrogens is 3. The van der Waals surface area contributed by atoms with Crippen molar-refractivity contribution in [2.24, 2.45) is 0 Å². The summed E-state index contributed by atoms with van der Waals surface area (Å²) in [5.41, 5.74) is 2.53. The van der Waals surface area contributed by atoms with Crippen LogP contribution in [0.25, 0.3) is 11.8 Å². The molecule has 0 saturated heterocycles. The number of aliphatic hydroxyl groups is 1. The zero-order valence-corrected chi connectivity index (χ0v) is 9.91. The molecule has 4 heteroatoms. The van der Waals surface area contributed by atoms with Gasteiger partial charge in [0.1, 0.15) is 5.69 Å². The summed E-state index contributed by atoms with van der Waals surface area (Å²) in [4.78, 5) is 1.57. The second-order valence-electron chi connectivity index (χ2n) is 3.96. The molecule has 88 valence electrons. The molecule has 1 atom stereocenters. The molecule has 17 heavy (non-hydrogen) atoms. The fraction of sp³-hybridized carbons (Fsp3) is 0.231. The van der Waals surface area contributed by atoms with E-state index in [0.717, 1.165) is 17.0 Å². The third kappa shape index (κ3) is 2.79. The summed E-state index contributed by atoms with van der Waals surface area (Å²) in [5.74, 6) is 0. The lowest BCUT2D eigenvalue weighted by Crippen LogP contribution is -2.01. The van der Waals surface area contributed by atoms with Crippen LogP contribution >= 0.6 is 0 Å². The second-order valence-corrected chi connectivity index (χ2v) is 3.96. The van der Waals surface area contributed by atoms with Gasteiger partial charge in [-0.05, 0) is 37.6 Å². The monoisotopic (exact) mass is 229 g/mol. The first-order valence-corrected chi connectivity index (χ1v) is 5.51. The van der Waals surface area contributed by atoms with Gasteiger partial charge in [0.25, 0.3) is 0 Å². The molecule has 0 aliphatic rings. The van der Waals surface area contributed by atoms with Crippen molar-refractivity contribution in [3.63, 3.8) is 0 Å². The molecule has 1 aromatic carbocycles. The fourth-order valence-corrected chi connectivity index (χ4v) is 1.38. The van der Waals surface area contributed by atoms with E-state index in [1.807, 2.05) is 43.3 Å². The van der Waals surface area contributed by atoms with Crippen LogP contribution in [0.3, 0.4) is 0 Å². The Labute approximate surface area is 100 Å². The molecule has 0 bridgehead atoms. The number of hydrogen-bond acceptors (Lipinski definition) is 3. The first-order valence-electron chi connectivity index (χ1n) is 5.51. The number of para-hydroxylation sites is 1. The average Bonchev–Trinajstić information content (AvgIpc) is 2.78. The van der Waals surface area contributed by atoms with Gasteiger partial charge in [0, 0.05) is 0 Å². The minimum Gasteiger partial charge on any atom is -0.389 e. The highest BCUT2D eigenvalue weighted by molar-refractivity contribution is 5.48. The molecular weight excluding hydrogens is 214 g/mol. The van der Waals surface area contributed by atoms with Gasteiger partial charge in [-0.2, -0.15) is 9.90 Å². The van der Waals surface area contributed by atoms with Crippen LogP contribution < -0.4 is 0 Å². The summed E-state index contributed by atoms with van der Waals surface area (Å²) < 4.78 is 0. The third-order valence-corrected chi connectivity index (χ3v) is 2.53. The number of aliphatic hydroxyl groups excluding tert-OH is 1. The van der Waals surface area contributed by atoms with E-state index in [-0.39, 0.29) is 0 Å². The lowest BCUT2D eigenvalue weighted by atomic mass is 10.1. The topological polar surface area (TPSA) is 50.9 Å². The predicted molar refractivity (Wildman–Crippen MR) is 66.7 cm³/mol. The molecule has 2 rings (SSSR count). The summed E-state index contributed by atoms with van der Waals surface area (Å²) in [6.45, 7) is 3.60. The summed E-state index contributed by atoms with van der Waals surface area (Å²) >= 11 is 0. The minimum absolute atomic E-state index is 0.461. The highest BCUT2D eigenvalue weighted by Gasteiger charge is 2.03. The lowest BCUT2D eigenvalue weighted by Gasteiger charge is -2.01. The largest absolute Gasteiger partial charge is 0.389 e. The zero-order valence-electron chi connectivity index (χ0n) is 9.91. The summed E-state index contributed by atoms with van der Waals surface area (Å²) in [5, 5.41) is 17.9. The Balaban J connectivity index is 2.26. The van der Waals surface area contributed by atoms with E-state index >= 15 is 0 Å². The van der Waals surface area contributed by atoms with Crippen molar-refractivity contribution in [1.82, 2.24) is 15.0 Å². The molecule has 0 radical (unpaired) electrons. The van der Waals surface area contributed by atoms with Crippen molar-refractivity contribution < 1.29 is 5.11 Å². The number of nitrogens with zero attached hydrogens (tertiary/aromatic N) is 3. The maximum atomic E-state index is 9.38. The van der Waals surface area contributed by atoms with Gasteiger partial charge in [-0.3, -0.25) is 0 Å². The lowest BCUT2D eigenvalue weighted by molar-refractivity contribution is 0.232. The van der Waals surface area contributed by atoms with Crippen molar-refractivity contribution in [3.05, 3.63) is 47.8 Å². The summed E-state index contributed by atoms with van der Waals surface area (Å²) in [6, 6.07) is 9.71. The Morgan fingerprint density at radius 2 is 2.06 bits per heavy atom. The molecule has 0 fully saturated rings. The molecule has 0 spiro atoms. The van der Waals surface area contributed by atoms with E-state index in [9.17, 15) is 5.11 Å². The smallest absolute Gasteiger partial charge is 0.106 e. The Morgan fingerprint density at radius 1 is 1.35 bits per heavy atom. The number of benzene rings is 1. The fourth-order valence-electron chi connectivity index (χ4n) is 1.38. The minimum atomic E-state index is -0.461. The summed E-state index contributed by atoms with van der Waals surface area (Å²) in [7, 11) is 0. The quantitative estimate of drug-likeness (QED) is 0.876. The van der Waals surface area contributed by atoms with Crippen molar-refractivity contribution in [2.75, 3.05) is 0 Å². The van der Waals surface area contributed by atoms with Crippen LogP contribution in [-0.4, -0.2) is 26.2 Å². The molecule has 4 nitrogen and oxygen atoms in total. The normalized spacial score (nSPS) is 13.7. The van der Waals surface area contributed by atoms with Crippen LogP contribution in [0.4, 0.5) is 0 Å². The van der Waals surface area contributed by atoms with E-state index < -0.39 is 6.10 Å². The maximum Gasteiger partial charge on any atom is 0.106 e. The van der Waals surface area contributed by atoms with E-state index in [4.69, 9.17) is 0 Å². The molecular formula is C13H15N3O. The van der Waals surface area contributed by atoms with Crippen molar-refractivity contribution in [2.45, 2.75) is 20.0 Å². The second kappa shape index (κ2) is 4.93. The Bertz CT molecular complexity index is 514. The van der Waals surface area contributed by atoms with Crippen LogP contribution in [0.5, 0.6) is 0 Å². The average molecular weight is 229 g/mol. The molecule has 1 N–H and O–H groups in total. The standard InChI is InChI=1S/C13H15N3O/c1-10(11(2)17)8-12-9-14-16(15-12)13-6-4-3-5-7-13/h3-9,11,17H,1-2H3/b10-8+. The van der Waals surface area contributed by atoms with E-state index in [2.05, 4.69) is 10.2 Å².